The lowest BCUT2D eigenvalue weighted by Crippen LogP contribution is -2.37. The molecule has 1 aromatic carbocycles. The van der Waals surface area contributed by atoms with E-state index in [0.717, 1.165) is 22.9 Å². The molecule has 0 fully saturated rings. The molecule has 0 saturated heterocycles. The summed E-state index contributed by atoms with van der Waals surface area (Å²) >= 11 is 0. The van der Waals surface area contributed by atoms with Crippen molar-refractivity contribution in [3.8, 4) is 5.75 Å². The van der Waals surface area contributed by atoms with Crippen molar-refractivity contribution in [1.29, 1.82) is 0 Å². The van der Waals surface area contributed by atoms with Gasteiger partial charge in [0.1, 0.15) is 11.4 Å². The van der Waals surface area contributed by atoms with Crippen molar-refractivity contribution >= 4 is 32.9 Å². The van der Waals surface area contributed by atoms with E-state index in [4.69, 9.17) is 15.0 Å². The Bertz CT molecular complexity index is 895. The summed E-state index contributed by atoms with van der Waals surface area (Å²) in [4.78, 5) is 19.3. The van der Waals surface area contributed by atoms with Crippen molar-refractivity contribution in [3.05, 3.63) is 29.5 Å². The van der Waals surface area contributed by atoms with Crippen LogP contribution >= 0.6 is 0 Å². The van der Waals surface area contributed by atoms with E-state index in [9.17, 15) is 13.2 Å². The van der Waals surface area contributed by atoms with Crippen LogP contribution in [-0.2, 0) is 10.1 Å². The van der Waals surface area contributed by atoms with Gasteiger partial charge in [0.2, 0.25) is 0 Å². The van der Waals surface area contributed by atoms with Gasteiger partial charge in [0, 0.05) is 11.9 Å². The van der Waals surface area contributed by atoms with Crippen LogP contribution in [0.1, 0.15) is 29.4 Å². The molecule has 1 heterocycles. The number of hydrogen-bond donors (Lipinski definition) is 4. The van der Waals surface area contributed by atoms with Crippen LogP contribution in [0.15, 0.2) is 23.2 Å². The molecule has 10 heteroatoms. The Labute approximate surface area is 152 Å². The van der Waals surface area contributed by atoms with Crippen LogP contribution in [-0.4, -0.2) is 49.7 Å². The molecular weight excluding hydrogens is 360 g/mol. The Balaban J connectivity index is 0.000000597. The molecule has 144 valence electrons. The van der Waals surface area contributed by atoms with E-state index in [0.29, 0.717) is 24.2 Å². The number of aliphatic imine (C=N–C) groups is 1. The largest absolute Gasteiger partial charge is 0.495 e. The summed E-state index contributed by atoms with van der Waals surface area (Å²) in [6.45, 7) is 4.56. The molecule has 1 aromatic heterocycles. The summed E-state index contributed by atoms with van der Waals surface area (Å²) in [5, 5.41) is 3.51. The van der Waals surface area contributed by atoms with Gasteiger partial charge in [-0.25, -0.2) is 0 Å². The average molecular weight is 384 g/mol. The highest BCUT2D eigenvalue weighted by Crippen LogP contribution is 2.28. The van der Waals surface area contributed by atoms with Gasteiger partial charge in [-0.15, -0.1) is 0 Å². The van der Waals surface area contributed by atoms with Gasteiger partial charge in [0.25, 0.3) is 16.0 Å². The van der Waals surface area contributed by atoms with Crippen LogP contribution in [0.25, 0.3) is 10.9 Å². The van der Waals surface area contributed by atoms with Gasteiger partial charge < -0.3 is 15.5 Å². The predicted octanol–water partition coefficient (Wildman–Crippen LogP) is 1.44. The van der Waals surface area contributed by atoms with Gasteiger partial charge in [-0.3, -0.25) is 19.7 Å². The van der Waals surface area contributed by atoms with Crippen molar-refractivity contribution in [1.82, 2.24) is 10.3 Å². The van der Waals surface area contributed by atoms with Crippen molar-refractivity contribution in [3.63, 3.8) is 0 Å². The number of carbonyl (C=O) groups is 1. The normalized spacial score (nSPS) is 11.7. The average Bonchev–Trinajstić information content (AvgIpc) is 2.98. The lowest BCUT2D eigenvalue weighted by atomic mass is 10.1. The molecule has 0 aliphatic rings. The van der Waals surface area contributed by atoms with Crippen LogP contribution in [0, 0.1) is 6.92 Å². The molecular formula is C16H24N4O5S. The highest BCUT2D eigenvalue weighted by molar-refractivity contribution is 7.85. The van der Waals surface area contributed by atoms with E-state index < -0.39 is 10.1 Å². The Hall–Kier alpha value is -2.59. The summed E-state index contributed by atoms with van der Waals surface area (Å²) < 4.78 is 31.2. The molecule has 2 rings (SSSR count). The number of rotatable bonds is 4. The Kier molecular flexibility index (Phi) is 7.59. The van der Waals surface area contributed by atoms with Crippen LogP contribution in [0.3, 0.4) is 0 Å². The Morgan fingerprint density at radius 2 is 2.04 bits per heavy atom. The molecule has 0 atom stereocenters. The zero-order valence-corrected chi connectivity index (χ0v) is 16.0. The third kappa shape index (κ3) is 6.73. The number of aromatic amines is 1. The highest BCUT2D eigenvalue weighted by Gasteiger charge is 2.14. The molecule has 9 nitrogen and oxygen atoms in total. The molecule has 0 aliphatic heterocycles. The fourth-order valence-corrected chi connectivity index (χ4v) is 2.08. The van der Waals surface area contributed by atoms with Gasteiger partial charge in [-0.1, -0.05) is 13.0 Å². The maximum atomic E-state index is 12.2. The number of H-pyrrole nitrogens is 1. The van der Waals surface area contributed by atoms with Gasteiger partial charge in [0.05, 0.1) is 18.9 Å². The minimum Gasteiger partial charge on any atom is -0.495 e. The standard InChI is InChI=1S/C15H20N4O2.CH4O3S/c1-4-7-17-15(16)19-14(20)11-8-10-9(2)5-6-12(21-3)13(10)18-11;1-5(2,3)4/h5-6,8,18H,4,7H2,1-3H3,(H3,16,17,19,20);1H3,(H,2,3,4). The predicted molar refractivity (Wildman–Crippen MR) is 101 cm³/mol. The number of ether oxygens (including phenoxy) is 1. The molecule has 0 spiro atoms. The number of fused-ring (bicyclic) bond motifs is 1. The second-order valence-corrected chi connectivity index (χ2v) is 6.98. The Morgan fingerprint density at radius 3 is 2.58 bits per heavy atom. The molecule has 5 N–H and O–H groups in total. The van der Waals surface area contributed by atoms with E-state index in [2.05, 4.69) is 15.3 Å². The number of hydrogen-bond acceptors (Lipinski definition) is 5. The van der Waals surface area contributed by atoms with E-state index in [-0.39, 0.29) is 11.9 Å². The van der Waals surface area contributed by atoms with Gasteiger partial charge in [-0.2, -0.15) is 8.42 Å². The van der Waals surface area contributed by atoms with Crippen LogP contribution < -0.4 is 15.8 Å². The zero-order valence-electron chi connectivity index (χ0n) is 15.2. The number of aromatic nitrogens is 1. The first-order chi connectivity index (χ1) is 12.1. The van der Waals surface area contributed by atoms with Gasteiger partial charge in [0.15, 0.2) is 5.96 Å². The van der Waals surface area contributed by atoms with E-state index >= 15 is 0 Å². The second-order valence-electron chi connectivity index (χ2n) is 5.51. The number of aryl methyl sites for hydroxylation is 1. The number of nitrogens with zero attached hydrogens (tertiary/aromatic N) is 1. The fourth-order valence-electron chi connectivity index (χ4n) is 2.08. The number of benzene rings is 1. The minimum absolute atomic E-state index is 0.129. The monoisotopic (exact) mass is 384 g/mol. The summed E-state index contributed by atoms with van der Waals surface area (Å²) in [7, 11) is -2.07. The first-order valence-electron chi connectivity index (χ1n) is 7.76. The number of amides is 1. The molecule has 0 bridgehead atoms. The third-order valence-corrected chi connectivity index (χ3v) is 3.19. The summed E-state index contributed by atoms with van der Waals surface area (Å²) in [6, 6.07) is 5.61. The third-order valence-electron chi connectivity index (χ3n) is 3.19. The zero-order chi connectivity index (χ0) is 19.9. The number of nitrogens with one attached hydrogen (secondary N) is 2. The molecule has 2 aromatic rings. The summed E-state index contributed by atoms with van der Waals surface area (Å²) in [5.74, 6) is 0.511. The molecule has 0 aliphatic carbocycles. The van der Waals surface area contributed by atoms with Crippen molar-refractivity contribution in [2.24, 2.45) is 10.7 Å². The number of methoxy groups -OCH3 is 1. The smallest absolute Gasteiger partial charge is 0.274 e. The fraction of sp³-hybridized carbons (Fsp3) is 0.375. The van der Waals surface area contributed by atoms with Crippen molar-refractivity contribution < 1.29 is 22.5 Å². The van der Waals surface area contributed by atoms with Crippen LogP contribution in [0.5, 0.6) is 5.75 Å². The van der Waals surface area contributed by atoms with Gasteiger partial charge in [-0.05, 0) is 31.0 Å². The second kappa shape index (κ2) is 9.20. The number of nitrogens with two attached hydrogens (primary N) is 1. The minimum atomic E-state index is -3.67. The SMILES string of the molecule is CCCN=C(N)NC(=O)c1cc2c(C)ccc(OC)c2[nH]1.CS(=O)(=O)O. The number of guanidine groups is 1. The van der Waals surface area contributed by atoms with Crippen LogP contribution in [0.4, 0.5) is 0 Å². The lowest BCUT2D eigenvalue weighted by Gasteiger charge is -2.03. The maximum absolute atomic E-state index is 12.2. The quantitative estimate of drug-likeness (QED) is 0.356. The summed E-state index contributed by atoms with van der Waals surface area (Å²) in [5.41, 5.74) is 7.94. The molecule has 26 heavy (non-hydrogen) atoms. The van der Waals surface area contributed by atoms with Crippen molar-refractivity contribution in [2.45, 2.75) is 20.3 Å². The Morgan fingerprint density at radius 1 is 1.42 bits per heavy atom. The lowest BCUT2D eigenvalue weighted by molar-refractivity contribution is 0.0972. The highest BCUT2D eigenvalue weighted by atomic mass is 32.2. The molecule has 0 radical (unpaired) electrons. The molecule has 0 saturated carbocycles. The summed E-state index contributed by atoms with van der Waals surface area (Å²) in [6.07, 6.45) is 1.59. The van der Waals surface area contributed by atoms with Crippen LogP contribution in [0.2, 0.25) is 0 Å². The van der Waals surface area contributed by atoms with E-state index in [1.807, 2.05) is 26.0 Å². The number of carbonyl (C=O) groups excluding carboxylic acids is 1. The van der Waals surface area contributed by atoms with Crippen molar-refractivity contribution in [2.75, 3.05) is 19.9 Å². The first-order valence-corrected chi connectivity index (χ1v) is 9.61. The molecule has 1 amide bonds. The molecule has 0 unspecified atom stereocenters. The van der Waals surface area contributed by atoms with E-state index in [1.54, 1.807) is 13.2 Å². The maximum Gasteiger partial charge on any atom is 0.274 e. The van der Waals surface area contributed by atoms with Gasteiger partial charge >= 0.3 is 0 Å². The first kappa shape index (κ1) is 21.5. The van der Waals surface area contributed by atoms with E-state index in [1.165, 1.54) is 0 Å². The topological polar surface area (TPSA) is 147 Å².